The molecule has 1 aromatic rings. The minimum absolute atomic E-state index is 0.306. The highest BCUT2D eigenvalue weighted by molar-refractivity contribution is 8.06. The number of nitrogens with zero attached hydrogens (tertiary/aromatic N) is 1. The van der Waals surface area contributed by atoms with Crippen molar-refractivity contribution in [1.29, 1.82) is 0 Å². The molecule has 4 rings (SSSR count). The second-order valence-corrected chi connectivity index (χ2v) is 5.16. The summed E-state index contributed by atoms with van der Waals surface area (Å²) < 4.78 is 0. The third-order valence-corrected chi connectivity index (χ3v) is 4.07. The molecule has 3 heteroatoms. The Morgan fingerprint density at radius 2 is 2.18 bits per heavy atom. The Morgan fingerprint density at radius 3 is 3.18 bits per heavy atom. The summed E-state index contributed by atoms with van der Waals surface area (Å²) in [6.07, 6.45) is 6.33. The molecule has 0 amide bonds. The van der Waals surface area contributed by atoms with E-state index in [0.717, 1.165) is 5.71 Å². The van der Waals surface area contributed by atoms with Crippen molar-refractivity contribution in [2.75, 3.05) is 5.32 Å². The lowest BCUT2D eigenvalue weighted by Crippen LogP contribution is -2.18. The second-order valence-electron chi connectivity index (χ2n) is 4.22. The number of benzene rings is 1. The van der Waals surface area contributed by atoms with Gasteiger partial charge >= 0.3 is 0 Å². The van der Waals surface area contributed by atoms with Crippen molar-refractivity contribution in [2.45, 2.75) is 6.04 Å². The summed E-state index contributed by atoms with van der Waals surface area (Å²) in [4.78, 5) is 5.68. The molecule has 0 fully saturated rings. The van der Waals surface area contributed by atoms with Gasteiger partial charge in [0.2, 0.25) is 0 Å². The average molecular weight is 238 g/mol. The number of hydrogen-bond donors (Lipinski definition) is 1. The van der Waals surface area contributed by atoms with Gasteiger partial charge in [0.15, 0.2) is 0 Å². The summed E-state index contributed by atoms with van der Waals surface area (Å²) in [5.74, 6) is 0. The SMILES string of the molecule is C1=CSC2=CC3Nc4ccccc4C3=CC2=N1. The quantitative estimate of drug-likeness (QED) is 0.749. The number of para-hydroxylation sites is 1. The Morgan fingerprint density at radius 1 is 1.24 bits per heavy atom. The number of hydrogen-bond acceptors (Lipinski definition) is 3. The van der Waals surface area contributed by atoms with Crippen LogP contribution in [0.2, 0.25) is 0 Å². The number of allylic oxidation sites excluding steroid dienone is 2. The average Bonchev–Trinajstić information content (AvgIpc) is 2.73. The molecule has 1 atom stereocenters. The maximum absolute atomic E-state index is 4.43. The first-order valence-corrected chi connectivity index (χ1v) is 6.49. The lowest BCUT2D eigenvalue weighted by Gasteiger charge is -2.19. The van der Waals surface area contributed by atoms with Gasteiger partial charge in [0.05, 0.1) is 11.8 Å². The van der Waals surface area contributed by atoms with E-state index in [-0.39, 0.29) is 0 Å². The highest BCUT2D eigenvalue weighted by atomic mass is 32.2. The van der Waals surface area contributed by atoms with E-state index in [1.54, 1.807) is 11.8 Å². The van der Waals surface area contributed by atoms with Crippen LogP contribution < -0.4 is 5.32 Å². The Labute approximate surface area is 104 Å². The summed E-state index contributed by atoms with van der Waals surface area (Å²) in [5.41, 5.74) is 4.94. The van der Waals surface area contributed by atoms with Gasteiger partial charge in [-0.25, -0.2) is 0 Å². The van der Waals surface area contributed by atoms with Gasteiger partial charge in [0, 0.05) is 22.4 Å². The van der Waals surface area contributed by atoms with E-state index in [1.165, 1.54) is 21.7 Å². The predicted octanol–water partition coefficient (Wildman–Crippen LogP) is 3.42. The van der Waals surface area contributed by atoms with Gasteiger partial charge in [-0.15, -0.1) is 0 Å². The standard InChI is InChI=1S/C14H10N2S/c1-2-4-11-9(3-1)10-7-13-14(8-12(10)16-11)17-6-5-15-13/h1-8,12,16H. The molecule has 1 N–H and O–H groups in total. The van der Waals surface area contributed by atoms with Gasteiger partial charge in [-0.05, 0) is 29.2 Å². The van der Waals surface area contributed by atoms with E-state index >= 15 is 0 Å². The molecule has 2 heterocycles. The molecule has 2 aliphatic heterocycles. The smallest absolute Gasteiger partial charge is 0.0770 e. The molecule has 1 unspecified atom stereocenters. The Kier molecular flexibility index (Phi) is 1.85. The first-order valence-electron chi connectivity index (χ1n) is 5.61. The van der Waals surface area contributed by atoms with Crippen molar-refractivity contribution in [3.05, 3.63) is 58.5 Å². The third-order valence-electron chi connectivity index (χ3n) is 3.22. The van der Waals surface area contributed by atoms with E-state index < -0.39 is 0 Å². The minimum Gasteiger partial charge on any atom is -0.374 e. The predicted molar refractivity (Wildman–Crippen MR) is 74.1 cm³/mol. The molecular formula is C14H10N2S. The van der Waals surface area contributed by atoms with Crippen molar-refractivity contribution in [1.82, 2.24) is 0 Å². The highest BCUT2D eigenvalue weighted by Crippen LogP contribution is 2.40. The molecule has 3 aliphatic rings. The van der Waals surface area contributed by atoms with E-state index in [4.69, 9.17) is 0 Å². The first-order chi connectivity index (χ1) is 8.42. The fraction of sp³-hybridized carbons (Fsp3) is 0.0714. The van der Waals surface area contributed by atoms with Crippen molar-refractivity contribution in [3.63, 3.8) is 0 Å². The van der Waals surface area contributed by atoms with Crippen LogP contribution in [0.1, 0.15) is 5.56 Å². The number of fused-ring (bicyclic) bond motifs is 4. The number of nitrogens with one attached hydrogen (secondary N) is 1. The van der Waals surface area contributed by atoms with Crippen LogP contribution in [-0.4, -0.2) is 11.8 Å². The molecule has 0 saturated carbocycles. The number of anilines is 1. The first kappa shape index (κ1) is 9.31. The van der Waals surface area contributed by atoms with Crippen LogP contribution in [-0.2, 0) is 0 Å². The molecule has 2 nitrogen and oxygen atoms in total. The topological polar surface area (TPSA) is 24.4 Å². The lowest BCUT2D eigenvalue weighted by molar-refractivity contribution is 1.17. The number of rotatable bonds is 0. The maximum atomic E-state index is 4.43. The third kappa shape index (κ3) is 1.32. The van der Waals surface area contributed by atoms with E-state index in [9.17, 15) is 0 Å². The van der Waals surface area contributed by atoms with Gasteiger partial charge in [-0.1, -0.05) is 30.0 Å². The summed E-state index contributed by atoms with van der Waals surface area (Å²) in [6.45, 7) is 0. The Bertz CT molecular complexity index is 623. The molecule has 0 spiro atoms. The van der Waals surface area contributed by atoms with E-state index in [1.807, 2.05) is 11.6 Å². The largest absolute Gasteiger partial charge is 0.374 e. The lowest BCUT2D eigenvalue weighted by atomic mass is 9.96. The zero-order chi connectivity index (χ0) is 11.2. The van der Waals surface area contributed by atoms with Gasteiger partial charge in [0.1, 0.15) is 0 Å². The molecule has 0 bridgehead atoms. The second kappa shape index (κ2) is 3.37. The number of aliphatic imine (C=N–C) groups is 1. The Hall–Kier alpha value is -1.74. The van der Waals surface area contributed by atoms with E-state index in [0.29, 0.717) is 6.04 Å². The van der Waals surface area contributed by atoms with Crippen molar-refractivity contribution < 1.29 is 0 Å². The zero-order valence-electron chi connectivity index (χ0n) is 9.05. The molecule has 0 radical (unpaired) electrons. The van der Waals surface area contributed by atoms with Crippen LogP contribution in [0, 0.1) is 0 Å². The van der Waals surface area contributed by atoms with Gasteiger partial charge in [-0.3, -0.25) is 4.99 Å². The molecule has 1 aromatic carbocycles. The molecule has 82 valence electrons. The highest BCUT2D eigenvalue weighted by Gasteiger charge is 2.29. The molecule has 0 saturated heterocycles. The van der Waals surface area contributed by atoms with Crippen molar-refractivity contribution in [2.24, 2.45) is 4.99 Å². The molecule has 1 aliphatic carbocycles. The monoisotopic (exact) mass is 238 g/mol. The summed E-state index contributed by atoms with van der Waals surface area (Å²) >= 11 is 1.74. The van der Waals surface area contributed by atoms with Gasteiger partial charge in [-0.2, -0.15) is 0 Å². The van der Waals surface area contributed by atoms with E-state index in [2.05, 4.69) is 46.7 Å². The summed E-state index contributed by atoms with van der Waals surface area (Å²) in [6, 6.07) is 8.75. The van der Waals surface area contributed by atoms with Crippen LogP contribution in [0.4, 0.5) is 5.69 Å². The normalized spacial score (nSPS) is 23.8. The zero-order valence-corrected chi connectivity index (χ0v) is 9.87. The van der Waals surface area contributed by atoms with Gasteiger partial charge < -0.3 is 5.32 Å². The van der Waals surface area contributed by atoms with Crippen LogP contribution in [0.5, 0.6) is 0 Å². The van der Waals surface area contributed by atoms with Crippen molar-refractivity contribution in [3.8, 4) is 0 Å². The minimum atomic E-state index is 0.306. The fourth-order valence-electron chi connectivity index (χ4n) is 2.44. The Balaban J connectivity index is 1.89. The van der Waals surface area contributed by atoms with Crippen LogP contribution >= 0.6 is 11.8 Å². The van der Waals surface area contributed by atoms with Crippen LogP contribution in [0.15, 0.2) is 57.9 Å². The molecule has 0 aromatic heterocycles. The van der Waals surface area contributed by atoms with Gasteiger partial charge in [0.25, 0.3) is 0 Å². The van der Waals surface area contributed by atoms with Crippen LogP contribution in [0.25, 0.3) is 5.57 Å². The maximum Gasteiger partial charge on any atom is 0.0770 e. The molecule has 17 heavy (non-hydrogen) atoms. The summed E-state index contributed by atoms with van der Waals surface area (Å²) in [5, 5.41) is 5.56. The fourth-order valence-corrected chi connectivity index (χ4v) is 3.16. The summed E-state index contributed by atoms with van der Waals surface area (Å²) in [7, 11) is 0. The number of thioether (sulfide) groups is 1. The van der Waals surface area contributed by atoms with Crippen LogP contribution in [0.3, 0.4) is 0 Å². The molecular weight excluding hydrogens is 228 g/mol. The van der Waals surface area contributed by atoms with Crippen molar-refractivity contribution >= 4 is 28.7 Å².